The summed E-state index contributed by atoms with van der Waals surface area (Å²) in [6.07, 6.45) is 0.880. The summed E-state index contributed by atoms with van der Waals surface area (Å²) in [7, 11) is 0. The van der Waals surface area contributed by atoms with Crippen LogP contribution < -0.4 is 5.73 Å². The second-order valence-electron chi connectivity index (χ2n) is 4.23. The molecule has 0 radical (unpaired) electrons. The van der Waals surface area contributed by atoms with Gasteiger partial charge in [0.05, 0.1) is 11.6 Å². The summed E-state index contributed by atoms with van der Waals surface area (Å²) >= 11 is 0. The third-order valence-electron chi connectivity index (χ3n) is 2.75. The molecule has 2 N–H and O–H groups in total. The molecule has 0 aliphatic heterocycles. The molecule has 0 saturated heterocycles. The van der Waals surface area contributed by atoms with E-state index in [-0.39, 0.29) is 5.56 Å². The second-order valence-corrected chi connectivity index (χ2v) is 4.23. The van der Waals surface area contributed by atoms with Gasteiger partial charge in [-0.15, -0.1) is 0 Å². The Labute approximate surface area is 108 Å². The van der Waals surface area contributed by atoms with E-state index in [4.69, 9.17) is 5.73 Å². The summed E-state index contributed by atoms with van der Waals surface area (Å²) in [5.74, 6) is 0. The number of halogens is 3. The average Bonchev–Trinajstić information content (AvgIpc) is 2.37. The van der Waals surface area contributed by atoms with E-state index in [9.17, 15) is 13.2 Å². The molecule has 2 rings (SSSR count). The Morgan fingerprint density at radius 3 is 2.53 bits per heavy atom. The zero-order chi connectivity index (χ0) is 14.0. The summed E-state index contributed by atoms with van der Waals surface area (Å²) in [6.45, 7) is 1.80. The van der Waals surface area contributed by atoms with Gasteiger partial charge in [-0.1, -0.05) is 6.07 Å². The highest BCUT2D eigenvalue weighted by Crippen LogP contribution is 2.35. The van der Waals surface area contributed by atoms with Crippen LogP contribution in [0, 0.1) is 6.92 Å². The number of alkyl halides is 3. The van der Waals surface area contributed by atoms with Crippen LogP contribution in [-0.4, -0.2) is 9.97 Å². The van der Waals surface area contributed by atoms with Gasteiger partial charge >= 0.3 is 6.18 Å². The molecule has 6 heteroatoms. The third-order valence-corrected chi connectivity index (χ3v) is 2.75. The molecule has 0 aliphatic carbocycles. The Bertz CT molecular complexity index is 581. The Morgan fingerprint density at radius 2 is 1.89 bits per heavy atom. The van der Waals surface area contributed by atoms with Crippen LogP contribution in [0.4, 0.5) is 13.2 Å². The number of hydrogen-bond acceptors (Lipinski definition) is 3. The topological polar surface area (TPSA) is 51.8 Å². The lowest BCUT2D eigenvalue weighted by atomic mass is 9.97. The van der Waals surface area contributed by atoms with Gasteiger partial charge in [-0.05, 0) is 24.1 Å². The lowest BCUT2D eigenvalue weighted by Gasteiger charge is -2.18. The number of nitrogens with zero attached hydrogens (tertiary/aromatic N) is 2. The minimum absolute atomic E-state index is 0.0533. The van der Waals surface area contributed by atoms with Crippen molar-refractivity contribution in [3.05, 3.63) is 59.2 Å². The number of rotatable bonds is 2. The first kappa shape index (κ1) is 13.5. The monoisotopic (exact) mass is 267 g/mol. The first-order chi connectivity index (χ1) is 8.89. The van der Waals surface area contributed by atoms with Crippen LogP contribution in [0.15, 0.2) is 36.9 Å². The van der Waals surface area contributed by atoms with Crippen LogP contribution in [0.1, 0.15) is 28.3 Å². The molecule has 1 atom stereocenters. The van der Waals surface area contributed by atoms with Gasteiger partial charge in [-0.2, -0.15) is 13.2 Å². The molecule has 3 nitrogen and oxygen atoms in total. The summed E-state index contributed by atoms with van der Waals surface area (Å²) in [6, 6.07) is 1.74. The summed E-state index contributed by atoms with van der Waals surface area (Å²) in [5.41, 5.74) is 6.45. The van der Waals surface area contributed by atoms with E-state index in [1.54, 1.807) is 19.2 Å². The SMILES string of the molecule is Cc1cncc(C(N)c2cnccc2C(F)(F)F)c1. The molecule has 2 aromatic rings. The maximum absolute atomic E-state index is 12.9. The molecule has 0 aliphatic rings. The van der Waals surface area contributed by atoms with Crippen LogP contribution in [0.5, 0.6) is 0 Å². The zero-order valence-corrected chi connectivity index (χ0v) is 10.1. The van der Waals surface area contributed by atoms with Crippen LogP contribution in [0.25, 0.3) is 0 Å². The van der Waals surface area contributed by atoms with Crippen molar-refractivity contribution in [3.63, 3.8) is 0 Å². The van der Waals surface area contributed by atoms with Crippen LogP contribution >= 0.6 is 0 Å². The average molecular weight is 267 g/mol. The standard InChI is InChI=1S/C13H12F3N3/c1-8-4-9(6-19-5-8)12(17)10-7-18-3-2-11(10)13(14,15)16/h2-7,12H,17H2,1H3. The van der Waals surface area contributed by atoms with Crippen LogP contribution in [0.3, 0.4) is 0 Å². The van der Waals surface area contributed by atoms with Gasteiger partial charge in [0.1, 0.15) is 0 Å². The number of pyridine rings is 2. The molecule has 0 aromatic carbocycles. The quantitative estimate of drug-likeness (QED) is 0.910. The molecule has 0 spiro atoms. The zero-order valence-electron chi connectivity index (χ0n) is 10.1. The highest BCUT2D eigenvalue weighted by molar-refractivity contribution is 5.36. The molecule has 19 heavy (non-hydrogen) atoms. The van der Waals surface area contributed by atoms with E-state index in [0.717, 1.165) is 24.0 Å². The molecule has 100 valence electrons. The summed E-state index contributed by atoms with van der Waals surface area (Å²) in [4.78, 5) is 7.67. The molecule has 0 amide bonds. The molecule has 0 fully saturated rings. The summed E-state index contributed by atoms with van der Waals surface area (Å²) < 4.78 is 38.7. The van der Waals surface area contributed by atoms with Gasteiger partial charge in [-0.25, -0.2) is 0 Å². The van der Waals surface area contributed by atoms with Gasteiger partial charge in [0, 0.05) is 30.4 Å². The Balaban J connectivity index is 2.48. The highest BCUT2D eigenvalue weighted by atomic mass is 19.4. The number of hydrogen-bond donors (Lipinski definition) is 1. The minimum atomic E-state index is -4.45. The lowest BCUT2D eigenvalue weighted by Crippen LogP contribution is -2.19. The molecule has 1 unspecified atom stereocenters. The van der Waals surface area contributed by atoms with E-state index in [1.165, 1.54) is 6.20 Å². The number of aromatic nitrogens is 2. The predicted molar refractivity (Wildman–Crippen MR) is 64.2 cm³/mol. The van der Waals surface area contributed by atoms with Gasteiger partial charge in [0.15, 0.2) is 0 Å². The van der Waals surface area contributed by atoms with Gasteiger partial charge in [0.25, 0.3) is 0 Å². The fourth-order valence-corrected chi connectivity index (χ4v) is 1.84. The van der Waals surface area contributed by atoms with E-state index in [1.807, 2.05) is 0 Å². The third kappa shape index (κ3) is 2.90. The van der Waals surface area contributed by atoms with Gasteiger partial charge in [-0.3, -0.25) is 9.97 Å². The van der Waals surface area contributed by atoms with Gasteiger partial charge < -0.3 is 5.73 Å². The number of aryl methyl sites for hydroxylation is 1. The fraction of sp³-hybridized carbons (Fsp3) is 0.231. The van der Waals surface area contributed by atoms with Crippen LogP contribution in [0.2, 0.25) is 0 Å². The van der Waals surface area contributed by atoms with Crippen molar-refractivity contribution in [3.8, 4) is 0 Å². The first-order valence-corrected chi connectivity index (χ1v) is 5.58. The van der Waals surface area contributed by atoms with E-state index < -0.39 is 17.8 Å². The molecule has 2 aromatic heterocycles. The largest absolute Gasteiger partial charge is 0.416 e. The first-order valence-electron chi connectivity index (χ1n) is 5.58. The van der Waals surface area contributed by atoms with E-state index >= 15 is 0 Å². The van der Waals surface area contributed by atoms with Gasteiger partial charge in [0.2, 0.25) is 0 Å². The molecule has 2 heterocycles. The molecule has 0 saturated carbocycles. The van der Waals surface area contributed by atoms with E-state index in [2.05, 4.69) is 9.97 Å². The van der Waals surface area contributed by atoms with Crippen molar-refractivity contribution in [1.29, 1.82) is 0 Å². The smallest absolute Gasteiger partial charge is 0.320 e. The van der Waals surface area contributed by atoms with Crippen molar-refractivity contribution in [2.24, 2.45) is 5.73 Å². The van der Waals surface area contributed by atoms with Crippen molar-refractivity contribution in [2.45, 2.75) is 19.1 Å². The predicted octanol–water partition coefficient (Wildman–Crippen LogP) is 2.85. The maximum Gasteiger partial charge on any atom is 0.416 e. The molecular formula is C13H12F3N3. The van der Waals surface area contributed by atoms with E-state index in [0.29, 0.717) is 5.56 Å². The molecular weight excluding hydrogens is 255 g/mol. The fourth-order valence-electron chi connectivity index (χ4n) is 1.84. The minimum Gasteiger partial charge on any atom is -0.320 e. The van der Waals surface area contributed by atoms with Crippen molar-refractivity contribution >= 4 is 0 Å². The number of nitrogens with two attached hydrogens (primary N) is 1. The van der Waals surface area contributed by atoms with Crippen molar-refractivity contribution in [1.82, 2.24) is 9.97 Å². The van der Waals surface area contributed by atoms with Crippen molar-refractivity contribution < 1.29 is 13.2 Å². The Morgan fingerprint density at radius 1 is 1.16 bits per heavy atom. The lowest BCUT2D eigenvalue weighted by molar-refractivity contribution is -0.138. The Kier molecular flexibility index (Phi) is 3.53. The second kappa shape index (κ2) is 4.97. The highest BCUT2D eigenvalue weighted by Gasteiger charge is 2.34. The van der Waals surface area contributed by atoms with Crippen molar-refractivity contribution in [2.75, 3.05) is 0 Å². The summed E-state index contributed by atoms with van der Waals surface area (Å²) in [5, 5.41) is 0. The molecule has 0 bridgehead atoms. The van der Waals surface area contributed by atoms with Crippen LogP contribution in [-0.2, 0) is 6.18 Å². The Hall–Kier alpha value is -1.95. The maximum atomic E-state index is 12.9. The normalized spacial score (nSPS) is 13.3.